The van der Waals surface area contributed by atoms with Crippen LogP contribution in [0, 0.1) is 0 Å². The maximum Gasteiger partial charge on any atom is 0.251 e. The van der Waals surface area contributed by atoms with Gasteiger partial charge in [0.25, 0.3) is 5.91 Å². The number of amides is 1. The third kappa shape index (κ3) is 6.58. The standard InChI is InChI=1S/C22H26N6O.HI/c1-23-21(29)18-10-8-17(9-11-18)14-25-22(24-2)26-15-19-6-3-4-7-20(19)16-28-13-5-12-27-28;/h3-13H,14-16H2,1-2H3,(H,23,29)(H2,24,25,26);1H. The number of guanidine groups is 1. The molecule has 30 heavy (non-hydrogen) atoms. The number of benzene rings is 2. The minimum absolute atomic E-state index is 0. The van der Waals surface area contributed by atoms with Crippen LogP contribution in [0.15, 0.2) is 72.0 Å². The van der Waals surface area contributed by atoms with Crippen molar-refractivity contribution in [2.45, 2.75) is 19.6 Å². The summed E-state index contributed by atoms with van der Waals surface area (Å²) >= 11 is 0. The van der Waals surface area contributed by atoms with Crippen LogP contribution in [0.5, 0.6) is 0 Å². The van der Waals surface area contributed by atoms with Gasteiger partial charge in [-0.3, -0.25) is 14.5 Å². The Kier molecular flexibility index (Phi) is 9.33. The number of aliphatic imine (C=N–C) groups is 1. The number of carbonyl (C=O) groups is 1. The Morgan fingerprint density at radius 3 is 2.33 bits per heavy atom. The Bertz CT molecular complexity index is 954. The molecule has 0 unspecified atom stereocenters. The third-order valence-corrected chi connectivity index (χ3v) is 4.58. The fraction of sp³-hybridized carbons (Fsp3) is 0.227. The molecule has 0 saturated heterocycles. The smallest absolute Gasteiger partial charge is 0.251 e. The lowest BCUT2D eigenvalue weighted by Crippen LogP contribution is -2.36. The van der Waals surface area contributed by atoms with Crippen molar-refractivity contribution in [1.82, 2.24) is 25.7 Å². The van der Waals surface area contributed by atoms with E-state index in [9.17, 15) is 4.79 Å². The second kappa shape index (κ2) is 12.0. The van der Waals surface area contributed by atoms with Crippen LogP contribution in [0.25, 0.3) is 0 Å². The van der Waals surface area contributed by atoms with Crippen molar-refractivity contribution in [2.75, 3.05) is 14.1 Å². The molecular weight excluding hydrogens is 491 g/mol. The fourth-order valence-corrected chi connectivity index (χ4v) is 2.96. The molecule has 3 rings (SSSR count). The van der Waals surface area contributed by atoms with Crippen molar-refractivity contribution in [3.63, 3.8) is 0 Å². The van der Waals surface area contributed by atoms with E-state index in [0.29, 0.717) is 24.6 Å². The molecule has 0 bridgehead atoms. The predicted molar refractivity (Wildman–Crippen MR) is 130 cm³/mol. The molecule has 0 spiro atoms. The average Bonchev–Trinajstić information content (AvgIpc) is 3.28. The summed E-state index contributed by atoms with van der Waals surface area (Å²) in [4.78, 5) is 15.9. The molecule has 0 aliphatic carbocycles. The first-order chi connectivity index (χ1) is 14.2. The Balaban J connectivity index is 0.00000320. The van der Waals surface area contributed by atoms with Gasteiger partial charge in [-0.15, -0.1) is 24.0 Å². The Morgan fingerprint density at radius 1 is 1.00 bits per heavy atom. The van der Waals surface area contributed by atoms with E-state index in [1.807, 2.05) is 53.3 Å². The molecule has 0 atom stereocenters. The highest BCUT2D eigenvalue weighted by Crippen LogP contribution is 2.10. The van der Waals surface area contributed by atoms with Gasteiger partial charge in [-0.05, 0) is 34.9 Å². The highest BCUT2D eigenvalue weighted by molar-refractivity contribution is 14.0. The van der Waals surface area contributed by atoms with Gasteiger partial charge in [0.15, 0.2) is 5.96 Å². The molecule has 0 aliphatic heterocycles. The SMILES string of the molecule is CN=C(NCc1ccc(C(=O)NC)cc1)NCc1ccccc1Cn1cccn1.I. The van der Waals surface area contributed by atoms with E-state index in [1.54, 1.807) is 20.3 Å². The van der Waals surface area contributed by atoms with Crippen molar-refractivity contribution >= 4 is 35.8 Å². The van der Waals surface area contributed by atoms with Gasteiger partial charge in [0.05, 0.1) is 6.54 Å². The van der Waals surface area contributed by atoms with Crippen LogP contribution in [0.3, 0.4) is 0 Å². The monoisotopic (exact) mass is 518 g/mol. The molecule has 3 aromatic rings. The Morgan fingerprint density at radius 2 is 1.70 bits per heavy atom. The lowest BCUT2D eigenvalue weighted by molar-refractivity contribution is 0.0963. The number of hydrogen-bond donors (Lipinski definition) is 3. The zero-order chi connectivity index (χ0) is 20.5. The molecule has 158 valence electrons. The second-order valence-corrected chi connectivity index (χ2v) is 6.53. The van der Waals surface area contributed by atoms with Gasteiger partial charge < -0.3 is 16.0 Å². The quantitative estimate of drug-likeness (QED) is 0.255. The maximum absolute atomic E-state index is 11.6. The normalized spacial score (nSPS) is 10.8. The molecule has 2 aromatic carbocycles. The molecule has 3 N–H and O–H groups in total. The van der Waals surface area contributed by atoms with E-state index in [-0.39, 0.29) is 29.9 Å². The topological polar surface area (TPSA) is 83.3 Å². The zero-order valence-electron chi connectivity index (χ0n) is 17.1. The maximum atomic E-state index is 11.6. The van der Waals surface area contributed by atoms with Gasteiger partial charge in [-0.1, -0.05) is 36.4 Å². The van der Waals surface area contributed by atoms with Crippen molar-refractivity contribution in [3.8, 4) is 0 Å². The molecule has 1 amide bonds. The molecule has 8 heteroatoms. The van der Waals surface area contributed by atoms with E-state index >= 15 is 0 Å². The molecule has 0 aliphatic rings. The van der Waals surface area contributed by atoms with Gasteiger partial charge in [0.2, 0.25) is 0 Å². The average molecular weight is 518 g/mol. The number of aromatic nitrogens is 2. The van der Waals surface area contributed by atoms with Gasteiger partial charge in [0, 0.05) is 45.1 Å². The number of nitrogens with zero attached hydrogens (tertiary/aromatic N) is 3. The predicted octanol–water partition coefficient (Wildman–Crippen LogP) is 2.77. The first-order valence-corrected chi connectivity index (χ1v) is 9.49. The molecule has 7 nitrogen and oxygen atoms in total. The zero-order valence-corrected chi connectivity index (χ0v) is 19.5. The molecule has 1 aromatic heterocycles. The summed E-state index contributed by atoms with van der Waals surface area (Å²) in [5, 5.41) is 13.6. The summed E-state index contributed by atoms with van der Waals surface area (Å²) in [5.41, 5.74) is 4.12. The van der Waals surface area contributed by atoms with Crippen LogP contribution in [0.4, 0.5) is 0 Å². The first-order valence-electron chi connectivity index (χ1n) is 9.49. The second-order valence-electron chi connectivity index (χ2n) is 6.53. The largest absolute Gasteiger partial charge is 0.355 e. The van der Waals surface area contributed by atoms with Gasteiger partial charge in [-0.2, -0.15) is 5.10 Å². The number of halogens is 1. The van der Waals surface area contributed by atoms with Crippen molar-refractivity contribution in [2.24, 2.45) is 4.99 Å². The van der Waals surface area contributed by atoms with E-state index in [0.717, 1.165) is 12.1 Å². The highest BCUT2D eigenvalue weighted by Gasteiger charge is 2.06. The molecular formula is C22H27IN6O. The summed E-state index contributed by atoms with van der Waals surface area (Å²) in [5.74, 6) is 0.630. The number of nitrogens with one attached hydrogen (secondary N) is 3. The van der Waals surface area contributed by atoms with Crippen molar-refractivity contribution < 1.29 is 4.79 Å². The molecule has 0 fully saturated rings. The van der Waals surface area contributed by atoms with Crippen LogP contribution in [-0.4, -0.2) is 35.7 Å². The lowest BCUT2D eigenvalue weighted by Gasteiger charge is -2.14. The molecule has 1 heterocycles. The summed E-state index contributed by atoms with van der Waals surface area (Å²) in [7, 11) is 3.38. The van der Waals surface area contributed by atoms with Crippen LogP contribution < -0.4 is 16.0 Å². The van der Waals surface area contributed by atoms with E-state index < -0.39 is 0 Å². The van der Waals surface area contributed by atoms with Gasteiger partial charge >= 0.3 is 0 Å². The van der Waals surface area contributed by atoms with E-state index in [1.165, 1.54) is 11.1 Å². The first kappa shape index (κ1) is 23.4. The molecule has 0 radical (unpaired) electrons. The van der Waals surface area contributed by atoms with E-state index in [2.05, 4.69) is 38.2 Å². The summed E-state index contributed by atoms with van der Waals surface area (Å²) < 4.78 is 1.91. The molecule has 0 saturated carbocycles. The van der Waals surface area contributed by atoms with Crippen LogP contribution >= 0.6 is 24.0 Å². The third-order valence-electron chi connectivity index (χ3n) is 4.58. The van der Waals surface area contributed by atoms with Gasteiger partial charge in [0.1, 0.15) is 0 Å². The fourth-order valence-electron chi connectivity index (χ4n) is 2.96. The summed E-state index contributed by atoms with van der Waals surface area (Å²) in [6, 6.07) is 17.7. The number of hydrogen-bond acceptors (Lipinski definition) is 3. The lowest BCUT2D eigenvalue weighted by atomic mass is 10.1. The van der Waals surface area contributed by atoms with Gasteiger partial charge in [-0.25, -0.2) is 0 Å². The van der Waals surface area contributed by atoms with Crippen LogP contribution in [-0.2, 0) is 19.6 Å². The summed E-state index contributed by atoms with van der Waals surface area (Å²) in [6.45, 7) is 2.00. The van der Waals surface area contributed by atoms with Crippen molar-refractivity contribution in [3.05, 3.63) is 89.2 Å². The highest BCUT2D eigenvalue weighted by atomic mass is 127. The summed E-state index contributed by atoms with van der Waals surface area (Å²) in [6.07, 6.45) is 3.74. The number of carbonyl (C=O) groups excluding carboxylic acids is 1. The minimum atomic E-state index is -0.0873. The minimum Gasteiger partial charge on any atom is -0.355 e. The van der Waals surface area contributed by atoms with Crippen LogP contribution in [0.2, 0.25) is 0 Å². The van der Waals surface area contributed by atoms with Crippen molar-refractivity contribution in [1.29, 1.82) is 0 Å². The number of rotatable bonds is 7. The Labute approximate surface area is 194 Å². The van der Waals surface area contributed by atoms with E-state index in [4.69, 9.17) is 0 Å². The van der Waals surface area contributed by atoms with Crippen LogP contribution in [0.1, 0.15) is 27.0 Å². The Hall–Kier alpha value is -2.88.